The molecule has 1 aromatic heterocycles. The number of nitrogens with zero attached hydrogens (tertiary/aromatic N) is 3. The average Bonchev–Trinajstić information content (AvgIpc) is 2.97. The largest absolute Gasteiger partial charge is 0.339 e. The monoisotopic (exact) mass is 321 g/mol. The van der Waals surface area contributed by atoms with Crippen molar-refractivity contribution < 1.29 is 12.9 Å². The van der Waals surface area contributed by atoms with Crippen molar-refractivity contribution in [3.8, 4) is 11.4 Å². The molecule has 1 aliphatic heterocycles. The lowest BCUT2D eigenvalue weighted by Gasteiger charge is -2.28. The maximum Gasteiger partial charge on any atom is 0.231 e. The van der Waals surface area contributed by atoms with E-state index >= 15 is 0 Å². The highest BCUT2D eigenvalue weighted by molar-refractivity contribution is 7.88. The Balaban J connectivity index is 1.80. The summed E-state index contributed by atoms with van der Waals surface area (Å²) in [6, 6.07) is 7.90. The minimum atomic E-state index is -3.17. The first-order valence-corrected chi connectivity index (χ1v) is 9.14. The number of hydrogen-bond acceptors (Lipinski definition) is 5. The quantitative estimate of drug-likeness (QED) is 0.866. The second-order valence-electron chi connectivity index (χ2n) is 5.78. The molecule has 1 saturated heterocycles. The zero-order chi connectivity index (χ0) is 15.7. The van der Waals surface area contributed by atoms with Gasteiger partial charge in [0.2, 0.25) is 21.7 Å². The van der Waals surface area contributed by atoms with E-state index in [4.69, 9.17) is 4.52 Å². The Hall–Kier alpha value is -1.73. The zero-order valence-electron chi connectivity index (χ0n) is 12.7. The molecule has 1 aliphatic rings. The van der Waals surface area contributed by atoms with Crippen LogP contribution in [0.15, 0.2) is 28.8 Å². The zero-order valence-corrected chi connectivity index (χ0v) is 13.5. The molecule has 1 aromatic carbocycles. The van der Waals surface area contributed by atoms with Crippen molar-refractivity contribution in [1.82, 2.24) is 14.4 Å². The van der Waals surface area contributed by atoms with E-state index in [1.54, 1.807) is 0 Å². The van der Waals surface area contributed by atoms with Crippen LogP contribution in [-0.2, 0) is 10.0 Å². The predicted molar refractivity (Wildman–Crippen MR) is 82.9 cm³/mol. The van der Waals surface area contributed by atoms with Gasteiger partial charge >= 0.3 is 0 Å². The summed E-state index contributed by atoms with van der Waals surface area (Å²) in [6.45, 7) is 3.00. The molecule has 22 heavy (non-hydrogen) atoms. The molecule has 0 radical (unpaired) electrons. The van der Waals surface area contributed by atoms with E-state index in [1.165, 1.54) is 16.1 Å². The van der Waals surface area contributed by atoms with Crippen LogP contribution in [0.5, 0.6) is 0 Å². The van der Waals surface area contributed by atoms with Crippen LogP contribution in [0.4, 0.5) is 0 Å². The van der Waals surface area contributed by atoms with Crippen molar-refractivity contribution >= 4 is 10.0 Å². The van der Waals surface area contributed by atoms with Crippen LogP contribution >= 0.6 is 0 Å². The van der Waals surface area contributed by atoms with Crippen LogP contribution < -0.4 is 0 Å². The van der Waals surface area contributed by atoms with Crippen LogP contribution in [-0.4, -0.2) is 42.2 Å². The summed E-state index contributed by atoms with van der Waals surface area (Å²) in [4.78, 5) is 4.45. The number of benzene rings is 1. The third kappa shape index (κ3) is 3.20. The van der Waals surface area contributed by atoms with Crippen LogP contribution in [0.3, 0.4) is 0 Å². The highest BCUT2D eigenvalue weighted by atomic mass is 32.2. The minimum Gasteiger partial charge on any atom is -0.339 e. The van der Waals surface area contributed by atoms with Gasteiger partial charge in [-0.3, -0.25) is 0 Å². The molecule has 118 valence electrons. The SMILES string of the molecule is Cc1ccc(-c2noc(C3CCCN(S(C)(=O)=O)C3)n2)cc1. The second-order valence-corrected chi connectivity index (χ2v) is 7.76. The summed E-state index contributed by atoms with van der Waals surface area (Å²) in [5, 5.41) is 4.02. The molecule has 6 nitrogen and oxygen atoms in total. The van der Waals surface area contributed by atoms with Crippen LogP contribution in [0.1, 0.15) is 30.2 Å². The van der Waals surface area contributed by atoms with Crippen molar-refractivity contribution in [2.75, 3.05) is 19.3 Å². The number of piperidine rings is 1. The molecule has 2 heterocycles. The Morgan fingerprint density at radius 1 is 1.27 bits per heavy atom. The van der Waals surface area contributed by atoms with E-state index in [-0.39, 0.29) is 5.92 Å². The first kappa shape index (κ1) is 15.2. The lowest BCUT2D eigenvalue weighted by molar-refractivity contribution is 0.266. The van der Waals surface area contributed by atoms with Gasteiger partial charge in [-0.25, -0.2) is 12.7 Å². The number of aromatic nitrogens is 2. The summed E-state index contributed by atoms with van der Waals surface area (Å²) in [5.74, 6) is 1.03. The van der Waals surface area contributed by atoms with Gasteiger partial charge in [-0.15, -0.1) is 0 Å². The number of aryl methyl sites for hydroxylation is 1. The van der Waals surface area contributed by atoms with E-state index in [0.29, 0.717) is 24.8 Å². The lowest BCUT2D eigenvalue weighted by Crippen LogP contribution is -2.38. The molecule has 1 fully saturated rings. The molecular formula is C15H19N3O3S. The van der Waals surface area contributed by atoms with E-state index in [9.17, 15) is 8.42 Å². The van der Waals surface area contributed by atoms with Gasteiger partial charge in [-0.1, -0.05) is 35.0 Å². The lowest BCUT2D eigenvalue weighted by atomic mass is 10.00. The van der Waals surface area contributed by atoms with Crippen molar-refractivity contribution in [2.24, 2.45) is 0 Å². The molecule has 0 amide bonds. The van der Waals surface area contributed by atoms with Crippen molar-refractivity contribution in [1.29, 1.82) is 0 Å². The van der Waals surface area contributed by atoms with Gasteiger partial charge in [0.25, 0.3) is 0 Å². The summed E-state index contributed by atoms with van der Waals surface area (Å²) < 4.78 is 30.2. The van der Waals surface area contributed by atoms with E-state index in [0.717, 1.165) is 18.4 Å². The Morgan fingerprint density at radius 2 is 2.00 bits per heavy atom. The summed E-state index contributed by atoms with van der Waals surface area (Å²) in [6.07, 6.45) is 2.91. The van der Waals surface area contributed by atoms with Gasteiger partial charge < -0.3 is 4.52 Å². The van der Waals surface area contributed by atoms with Gasteiger partial charge in [0.1, 0.15) is 0 Å². The summed E-state index contributed by atoms with van der Waals surface area (Å²) in [7, 11) is -3.17. The highest BCUT2D eigenvalue weighted by Crippen LogP contribution is 2.28. The van der Waals surface area contributed by atoms with Crippen molar-refractivity contribution in [3.05, 3.63) is 35.7 Å². The van der Waals surface area contributed by atoms with Crippen molar-refractivity contribution in [3.63, 3.8) is 0 Å². The van der Waals surface area contributed by atoms with Gasteiger partial charge in [0.15, 0.2) is 0 Å². The number of hydrogen-bond donors (Lipinski definition) is 0. The predicted octanol–water partition coefficient (Wildman–Crippen LogP) is 2.18. The Labute approximate surface area is 130 Å². The van der Waals surface area contributed by atoms with Crippen LogP contribution in [0.2, 0.25) is 0 Å². The summed E-state index contributed by atoms with van der Waals surface area (Å²) in [5.41, 5.74) is 2.07. The molecule has 3 rings (SSSR count). The van der Waals surface area contributed by atoms with Gasteiger partial charge in [-0.2, -0.15) is 4.98 Å². The van der Waals surface area contributed by atoms with E-state index in [1.807, 2.05) is 31.2 Å². The summed E-state index contributed by atoms with van der Waals surface area (Å²) >= 11 is 0. The normalized spacial score (nSPS) is 20.2. The van der Waals surface area contributed by atoms with Gasteiger partial charge in [0, 0.05) is 18.7 Å². The first-order chi connectivity index (χ1) is 10.4. The standard InChI is InChI=1S/C15H19N3O3S/c1-11-5-7-12(8-6-11)14-16-15(21-17-14)13-4-3-9-18(10-13)22(2,19)20/h5-8,13H,3-4,9-10H2,1-2H3. The van der Waals surface area contributed by atoms with Crippen molar-refractivity contribution in [2.45, 2.75) is 25.7 Å². The maximum absolute atomic E-state index is 11.7. The third-order valence-electron chi connectivity index (χ3n) is 3.95. The minimum absolute atomic E-state index is 0.0322. The molecule has 0 spiro atoms. The van der Waals surface area contributed by atoms with Gasteiger partial charge in [0.05, 0.1) is 12.2 Å². The molecule has 0 saturated carbocycles. The molecule has 0 aliphatic carbocycles. The Bertz CT molecular complexity index is 753. The molecule has 0 N–H and O–H groups in total. The second kappa shape index (κ2) is 5.81. The molecule has 2 aromatic rings. The van der Waals surface area contributed by atoms with Gasteiger partial charge in [-0.05, 0) is 19.8 Å². The third-order valence-corrected chi connectivity index (χ3v) is 5.22. The van der Waals surface area contributed by atoms with Crippen LogP contribution in [0.25, 0.3) is 11.4 Å². The van der Waals surface area contributed by atoms with E-state index in [2.05, 4.69) is 10.1 Å². The first-order valence-electron chi connectivity index (χ1n) is 7.29. The molecule has 1 atom stereocenters. The topological polar surface area (TPSA) is 76.3 Å². The number of sulfonamides is 1. The molecule has 1 unspecified atom stereocenters. The fourth-order valence-corrected chi connectivity index (χ4v) is 3.58. The highest BCUT2D eigenvalue weighted by Gasteiger charge is 2.30. The fraction of sp³-hybridized carbons (Fsp3) is 0.467. The Kier molecular flexibility index (Phi) is 4.01. The maximum atomic E-state index is 11.7. The fourth-order valence-electron chi connectivity index (χ4n) is 2.67. The number of rotatable bonds is 3. The smallest absolute Gasteiger partial charge is 0.231 e. The molecular weight excluding hydrogens is 302 g/mol. The van der Waals surface area contributed by atoms with Crippen LogP contribution in [0, 0.1) is 6.92 Å². The van der Waals surface area contributed by atoms with E-state index < -0.39 is 10.0 Å². The average molecular weight is 321 g/mol. The molecule has 7 heteroatoms. The Morgan fingerprint density at radius 3 is 2.68 bits per heavy atom. The molecule has 0 bridgehead atoms.